The molecule has 1 aromatic rings. The summed E-state index contributed by atoms with van der Waals surface area (Å²) in [6.07, 6.45) is 6.39. The van der Waals surface area contributed by atoms with Gasteiger partial charge in [-0.3, -0.25) is 9.69 Å². The minimum absolute atomic E-state index is 0.146. The van der Waals surface area contributed by atoms with E-state index >= 15 is 0 Å². The van der Waals surface area contributed by atoms with Gasteiger partial charge in [0.2, 0.25) is 5.91 Å². The minimum Gasteiger partial charge on any atom is -0.399 e. The molecule has 1 aliphatic rings. The van der Waals surface area contributed by atoms with E-state index in [9.17, 15) is 4.79 Å². The summed E-state index contributed by atoms with van der Waals surface area (Å²) < 4.78 is 0. The van der Waals surface area contributed by atoms with E-state index in [1.165, 1.54) is 32.1 Å². The minimum atomic E-state index is 0.146. The summed E-state index contributed by atoms with van der Waals surface area (Å²) in [4.78, 5) is 16.5. The molecule has 0 saturated heterocycles. The van der Waals surface area contributed by atoms with Gasteiger partial charge < -0.3 is 10.6 Å². The van der Waals surface area contributed by atoms with Crippen LogP contribution in [0.3, 0.4) is 0 Å². The van der Waals surface area contributed by atoms with Crippen LogP contribution in [0.25, 0.3) is 0 Å². The van der Waals surface area contributed by atoms with Crippen molar-refractivity contribution in [2.75, 3.05) is 30.8 Å². The molecule has 0 aliphatic heterocycles. The number of hydrogen-bond acceptors (Lipinski definition) is 3. The molecule has 1 aliphatic carbocycles. The molecular weight excluding hydrogens is 262 g/mol. The molecule has 0 radical (unpaired) electrons. The molecule has 0 spiro atoms. The molecule has 1 aromatic carbocycles. The fourth-order valence-electron chi connectivity index (χ4n) is 3.07. The maximum atomic E-state index is 12.5. The number of nitrogen functional groups attached to an aromatic ring is 1. The summed E-state index contributed by atoms with van der Waals surface area (Å²) in [5.41, 5.74) is 7.31. The van der Waals surface area contributed by atoms with Crippen molar-refractivity contribution in [3.63, 3.8) is 0 Å². The predicted molar refractivity (Wildman–Crippen MR) is 88.4 cm³/mol. The highest BCUT2D eigenvalue weighted by Gasteiger charge is 2.23. The fraction of sp³-hybridized carbons (Fsp3) is 0.588. The van der Waals surface area contributed by atoms with Crippen LogP contribution in [-0.2, 0) is 4.79 Å². The first-order chi connectivity index (χ1) is 10.1. The van der Waals surface area contributed by atoms with E-state index in [2.05, 4.69) is 11.8 Å². The van der Waals surface area contributed by atoms with Crippen molar-refractivity contribution in [2.24, 2.45) is 0 Å². The average Bonchev–Trinajstić information content (AvgIpc) is 2.53. The Morgan fingerprint density at radius 1 is 1.19 bits per heavy atom. The Kier molecular flexibility index (Phi) is 5.62. The smallest absolute Gasteiger partial charge is 0.240 e. The molecule has 4 nitrogen and oxygen atoms in total. The molecule has 1 amide bonds. The molecular formula is C17H27N3O. The normalized spacial score (nSPS) is 16.1. The van der Waals surface area contributed by atoms with Gasteiger partial charge in [0.15, 0.2) is 0 Å². The second-order valence-electron chi connectivity index (χ2n) is 5.90. The molecule has 0 bridgehead atoms. The molecule has 4 heteroatoms. The molecule has 1 fully saturated rings. The summed E-state index contributed by atoms with van der Waals surface area (Å²) >= 11 is 0. The van der Waals surface area contributed by atoms with Gasteiger partial charge in [0.05, 0.1) is 6.54 Å². The van der Waals surface area contributed by atoms with E-state index < -0.39 is 0 Å². The summed E-state index contributed by atoms with van der Waals surface area (Å²) in [7, 11) is 1.84. The van der Waals surface area contributed by atoms with Gasteiger partial charge in [0.25, 0.3) is 0 Å². The lowest BCUT2D eigenvalue weighted by Gasteiger charge is -2.34. The zero-order valence-electron chi connectivity index (χ0n) is 13.2. The Hall–Kier alpha value is -1.55. The van der Waals surface area contributed by atoms with Crippen LogP contribution >= 0.6 is 0 Å². The highest BCUT2D eigenvalue weighted by atomic mass is 16.2. The highest BCUT2D eigenvalue weighted by molar-refractivity contribution is 5.94. The van der Waals surface area contributed by atoms with E-state index in [1.54, 1.807) is 4.90 Å². The van der Waals surface area contributed by atoms with Crippen molar-refractivity contribution in [1.82, 2.24) is 4.90 Å². The molecule has 0 atom stereocenters. The number of anilines is 2. The van der Waals surface area contributed by atoms with Gasteiger partial charge in [0.1, 0.15) is 0 Å². The summed E-state index contributed by atoms with van der Waals surface area (Å²) in [6.45, 7) is 3.58. The van der Waals surface area contributed by atoms with Gasteiger partial charge in [-0.05, 0) is 43.7 Å². The number of carbonyl (C=O) groups is 1. The Balaban J connectivity index is 1.96. The number of likely N-dealkylation sites (N-methyl/N-ethyl adjacent to an activating group) is 2. The maximum Gasteiger partial charge on any atom is 0.240 e. The van der Waals surface area contributed by atoms with E-state index in [1.807, 2.05) is 31.3 Å². The van der Waals surface area contributed by atoms with E-state index in [0.29, 0.717) is 12.6 Å². The van der Waals surface area contributed by atoms with Gasteiger partial charge in [-0.15, -0.1) is 0 Å². The summed E-state index contributed by atoms with van der Waals surface area (Å²) in [6, 6.07) is 8.02. The van der Waals surface area contributed by atoms with Crippen LogP contribution < -0.4 is 10.6 Å². The first-order valence-electron chi connectivity index (χ1n) is 7.98. The predicted octanol–water partition coefficient (Wildman–Crippen LogP) is 2.89. The van der Waals surface area contributed by atoms with Crippen molar-refractivity contribution in [3.8, 4) is 0 Å². The van der Waals surface area contributed by atoms with Crippen LogP contribution in [-0.4, -0.2) is 37.0 Å². The number of benzene rings is 1. The second kappa shape index (κ2) is 7.46. The third-order valence-corrected chi connectivity index (χ3v) is 4.49. The number of rotatable bonds is 5. The largest absolute Gasteiger partial charge is 0.399 e. The Morgan fingerprint density at radius 2 is 1.81 bits per heavy atom. The standard InChI is InChI=1S/C17H27N3O/c1-3-20(16-7-5-4-6-8-16)13-17(21)19(2)15-11-9-14(18)10-12-15/h9-12,16H,3-8,13,18H2,1-2H3. The van der Waals surface area contributed by atoms with Crippen LogP contribution in [0.2, 0.25) is 0 Å². The number of amides is 1. The van der Waals surface area contributed by atoms with Gasteiger partial charge >= 0.3 is 0 Å². The lowest BCUT2D eigenvalue weighted by atomic mass is 9.94. The van der Waals surface area contributed by atoms with E-state index in [0.717, 1.165) is 17.9 Å². The zero-order chi connectivity index (χ0) is 15.2. The molecule has 2 rings (SSSR count). The average molecular weight is 289 g/mol. The molecule has 1 saturated carbocycles. The van der Waals surface area contributed by atoms with Crippen LogP contribution in [0.4, 0.5) is 11.4 Å². The van der Waals surface area contributed by atoms with Crippen LogP contribution in [0.5, 0.6) is 0 Å². The summed E-state index contributed by atoms with van der Waals surface area (Å²) in [5, 5.41) is 0. The third-order valence-electron chi connectivity index (χ3n) is 4.49. The van der Waals surface area contributed by atoms with Crippen LogP contribution in [0.15, 0.2) is 24.3 Å². The monoisotopic (exact) mass is 289 g/mol. The van der Waals surface area contributed by atoms with E-state index in [4.69, 9.17) is 5.73 Å². The number of hydrogen-bond donors (Lipinski definition) is 1. The molecule has 0 heterocycles. The SMILES string of the molecule is CCN(CC(=O)N(C)c1ccc(N)cc1)C1CCCCC1. The van der Waals surface area contributed by atoms with Gasteiger partial charge in [-0.25, -0.2) is 0 Å². The van der Waals surface area contributed by atoms with Crippen molar-refractivity contribution < 1.29 is 4.79 Å². The highest BCUT2D eigenvalue weighted by Crippen LogP contribution is 2.23. The van der Waals surface area contributed by atoms with Crippen molar-refractivity contribution in [2.45, 2.75) is 45.1 Å². The Labute approximate surface area is 127 Å². The summed E-state index contributed by atoms with van der Waals surface area (Å²) in [5.74, 6) is 0.146. The third kappa shape index (κ3) is 4.21. The Bertz CT molecular complexity index is 452. The molecule has 0 unspecified atom stereocenters. The first-order valence-corrected chi connectivity index (χ1v) is 7.98. The van der Waals surface area contributed by atoms with Gasteiger partial charge in [-0.1, -0.05) is 26.2 Å². The van der Waals surface area contributed by atoms with Gasteiger partial charge in [-0.2, -0.15) is 0 Å². The van der Waals surface area contributed by atoms with Crippen LogP contribution in [0, 0.1) is 0 Å². The van der Waals surface area contributed by atoms with Crippen LogP contribution in [0.1, 0.15) is 39.0 Å². The number of carbonyl (C=O) groups excluding carboxylic acids is 1. The first kappa shape index (κ1) is 15.8. The topological polar surface area (TPSA) is 49.6 Å². The fourth-order valence-corrected chi connectivity index (χ4v) is 3.07. The van der Waals surface area contributed by atoms with Crippen molar-refractivity contribution >= 4 is 17.3 Å². The Morgan fingerprint density at radius 3 is 2.38 bits per heavy atom. The molecule has 116 valence electrons. The zero-order valence-corrected chi connectivity index (χ0v) is 13.2. The molecule has 2 N–H and O–H groups in total. The quantitative estimate of drug-likeness (QED) is 0.848. The number of nitrogens with two attached hydrogens (primary N) is 1. The maximum absolute atomic E-state index is 12.5. The van der Waals surface area contributed by atoms with Gasteiger partial charge in [0, 0.05) is 24.5 Å². The van der Waals surface area contributed by atoms with Crippen molar-refractivity contribution in [3.05, 3.63) is 24.3 Å². The lowest BCUT2D eigenvalue weighted by Crippen LogP contribution is -2.44. The van der Waals surface area contributed by atoms with Crippen molar-refractivity contribution in [1.29, 1.82) is 0 Å². The second-order valence-corrected chi connectivity index (χ2v) is 5.90. The molecule has 0 aromatic heterocycles. The number of nitrogens with zero attached hydrogens (tertiary/aromatic N) is 2. The van der Waals surface area contributed by atoms with E-state index in [-0.39, 0.29) is 5.91 Å². The lowest BCUT2D eigenvalue weighted by molar-refractivity contribution is -0.120. The molecule has 21 heavy (non-hydrogen) atoms.